The number of nitrogens with zero attached hydrogens (tertiary/aromatic N) is 1. The molecule has 0 saturated carbocycles. The molecule has 1 aliphatic heterocycles. The molecule has 0 aromatic heterocycles. The van der Waals surface area contributed by atoms with Crippen LogP contribution >= 0.6 is 0 Å². The summed E-state index contributed by atoms with van der Waals surface area (Å²) in [5.74, 6) is -0.0527. The van der Waals surface area contributed by atoms with Crippen LogP contribution in [0.25, 0.3) is 0 Å². The van der Waals surface area contributed by atoms with Gasteiger partial charge in [0.05, 0.1) is 23.4 Å². The number of sulfonamides is 1. The van der Waals surface area contributed by atoms with E-state index in [0.29, 0.717) is 12.3 Å². The first kappa shape index (κ1) is 15.8. The van der Waals surface area contributed by atoms with E-state index in [4.69, 9.17) is 15.9 Å². The molecule has 0 radical (unpaired) electrons. The number of ether oxygens (including phenoxy) is 1. The van der Waals surface area contributed by atoms with Gasteiger partial charge in [-0.1, -0.05) is 18.2 Å². The van der Waals surface area contributed by atoms with Crippen molar-refractivity contribution < 1.29 is 13.2 Å². The lowest BCUT2D eigenvalue weighted by molar-refractivity contribution is 0.127. The third-order valence-electron chi connectivity index (χ3n) is 3.38. The topological polar surface area (TPSA) is 96.5 Å². The molecule has 1 saturated heterocycles. The Labute approximate surface area is 125 Å². The quantitative estimate of drug-likeness (QED) is 0.586. The van der Waals surface area contributed by atoms with Gasteiger partial charge in [-0.2, -0.15) is 0 Å². The van der Waals surface area contributed by atoms with Crippen LogP contribution in [-0.2, 0) is 14.8 Å². The van der Waals surface area contributed by atoms with E-state index in [-0.39, 0.29) is 30.7 Å². The highest BCUT2D eigenvalue weighted by Crippen LogP contribution is 2.22. The Morgan fingerprint density at radius 2 is 2.10 bits per heavy atom. The highest BCUT2D eigenvalue weighted by atomic mass is 32.2. The number of hydrogen-bond acceptors (Lipinski definition) is 4. The minimum atomic E-state index is -3.50. The summed E-state index contributed by atoms with van der Waals surface area (Å²) in [5.41, 5.74) is 5.96. The van der Waals surface area contributed by atoms with Gasteiger partial charge in [-0.15, -0.1) is 0 Å². The Hall–Kier alpha value is -1.60. The highest BCUT2D eigenvalue weighted by molar-refractivity contribution is 7.92. The minimum Gasteiger partial charge on any atom is -0.388 e. The van der Waals surface area contributed by atoms with Crippen LogP contribution in [0.4, 0.5) is 5.69 Å². The summed E-state index contributed by atoms with van der Waals surface area (Å²) < 4.78 is 32.0. The van der Waals surface area contributed by atoms with Gasteiger partial charge in [0.25, 0.3) is 0 Å². The van der Waals surface area contributed by atoms with Crippen LogP contribution < -0.4 is 10.0 Å². The second kappa shape index (κ2) is 6.91. The molecule has 6 nitrogen and oxygen atoms in total. The van der Waals surface area contributed by atoms with E-state index in [0.717, 1.165) is 12.8 Å². The molecule has 1 unspecified atom stereocenters. The summed E-state index contributed by atoms with van der Waals surface area (Å²) in [7, 11) is -3.50. The summed E-state index contributed by atoms with van der Waals surface area (Å²) >= 11 is 0. The van der Waals surface area contributed by atoms with Crippen molar-refractivity contribution in [2.45, 2.75) is 25.4 Å². The number of benzene rings is 1. The van der Waals surface area contributed by atoms with Gasteiger partial charge >= 0.3 is 0 Å². The molecule has 1 atom stereocenters. The largest absolute Gasteiger partial charge is 0.388 e. The summed E-state index contributed by atoms with van der Waals surface area (Å²) in [5, 5.41) is 7.31. The first-order valence-electron chi connectivity index (χ1n) is 6.99. The summed E-state index contributed by atoms with van der Waals surface area (Å²) in [6.45, 7) is 0.799. The Balaban J connectivity index is 2.18. The van der Waals surface area contributed by atoms with Gasteiger partial charge in [-0.05, 0) is 25.0 Å². The van der Waals surface area contributed by atoms with Crippen molar-refractivity contribution in [3.8, 4) is 0 Å². The average molecular weight is 311 g/mol. The monoisotopic (exact) mass is 311 g/mol. The molecule has 116 valence electrons. The molecule has 21 heavy (non-hydrogen) atoms. The second-order valence-corrected chi connectivity index (χ2v) is 7.03. The Kier molecular flexibility index (Phi) is 5.19. The normalized spacial score (nSPS) is 18.6. The number of amidine groups is 1. The van der Waals surface area contributed by atoms with Crippen molar-refractivity contribution in [3.05, 3.63) is 30.3 Å². The van der Waals surface area contributed by atoms with E-state index in [1.807, 2.05) is 6.07 Å². The number of nitrogens with two attached hydrogens (primary N) is 1. The van der Waals surface area contributed by atoms with Gasteiger partial charge < -0.3 is 10.5 Å². The lowest BCUT2D eigenvalue weighted by atomic mass is 10.3. The molecule has 1 aromatic rings. The molecular weight excluding hydrogens is 290 g/mol. The van der Waals surface area contributed by atoms with Crippen LogP contribution in [0.15, 0.2) is 30.3 Å². The molecule has 0 spiro atoms. The number of rotatable bonds is 7. The zero-order chi connectivity index (χ0) is 15.3. The maximum atomic E-state index is 12.6. The predicted octanol–water partition coefficient (Wildman–Crippen LogP) is 1.33. The van der Waals surface area contributed by atoms with Crippen molar-refractivity contribution in [2.75, 3.05) is 23.2 Å². The lowest BCUT2D eigenvalue weighted by Crippen LogP contribution is -2.38. The van der Waals surface area contributed by atoms with Crippen LogP contribution in [0.1, 0.15) is 19.3 Å². The molecule has 1 fully saturated rings. The maximum Gasteiger partial charge on any atom is 0.237 e. The fourth-order valence-electron chi connectivity index (χ4n) is 2.35. The van der Waals surface area contributed by atoms with Crippen LogP contribution in [0.5, 0.6) is 0 Å². The molecule has 1 aliphatic rings. The van der Waals surface area contributed by atoms with Crippen molar-refractivity contribution >= 4 is 21.5 Å². The van der Waals surface area contributed by atoms with E-state index >= 15 is 0 Å². The van der Waals surface area contributed by atoms with Gasteiger partial charge in [0.15, 0.2) is 0 Å². The smallest absolute Gasteiger partial charge is 0.237 e. The molecule has 1 aromatic carbocycles. The number of nitrogens with one attached hydrogen (secondary N) is 1. The lowest BCUT2D eigenvalue weighted by Gasteiger charge is -2.25. The SMILES string of the molecule is N=C(N)CCN(c1ccccc1)S(=O)(=O)CC1CCCO1. The maximum absolute atomic E-state index is 12.6. The van der Waals surface area contributed by atoms with Gasteiger partial charge in [-0.3, -0.25) is 9.71 Å². The number of anilines is 1. The average Bonchev–Trinajstić information content (AvgIpc) is 2.91. The van der Waals surface area contributed by atoms with E-state index in [2.05, 4.69) is 0 Å². The number of hydrogen-bond donors (Lipinski definition) is 2. The van der Waals surface area contributed by atoms with Crippen LogP contribution in [-0.4, -0.2) is 39.3 Å². The van der Waals surface area contributed by atoms with Crippen molar-refractivity contribution in [2.24, 2.45) is 5.73 Å². The Morgan fingerprint density at radius 3 is 2.67 bits per heavy atom. The van der Waals surface area contributed by atoms with E-state index in [9.17, 15) is 8.42 Å². The van der Waals surface area contributed by atoms with E-state index in [1.165, 1.54) is 4.31 Å². The predicted molar refractivity (Wildman–Crippen MR) is 83.1 cm³/mol. The zero-order valence-electron chi connectivity index (χ0n) is 11.9. The fourth-order valence-corrected chi connectivity index (χ4v) is 4.07. The van der Waals surface area contributed by atoms with Gasteiger partial charge in [0.1, 0.15) is 0 Å². The van der Waals surface area contributed by atoms with E-state index < -0.39 is 10.0 Å². The standard InChI is InChI=1S/C14H21N3O3S/c15-14(16)8-9-17(12-5-2-1-3-6-12)21(18,19)11-13-7-4-10-20-13/h1-3,5-6,13H,4,7-11H2,(H3,15,16). The second-order valence-electron chi connectivity index (χ2n) is 5.10. The fraction of sp³-hybridized carbons (Fsp3) is 0.500. The molecule has 0 aliphatic carbocycles. The van der Waals surface area contributed by atoms with Crippen molar-refractivity contribution in [3.63, 3.8) is 0 Å². The molecule has 1 heterocycles. The van der Waals surface area contributed by atoms with Gasteiger partial charge in [-0.25, -0.2) is 8.42 Å². The molecular formula is C14H21N3O3S. The Bertz CT molecular complexity index is 568. The van der Waals surface area contributed by atoms with Crippen LogP contribution in [0.2, 0.25) is 0 Å². The first-order chi connectivity index (χ1) is 9.99. The van der Waals surface area contributed by atoms with Crippen LogP contribution in [0.3, 0.4) is 0 Å². The zero-order valence-corrected chi connectivity index (χ0v) is 12.7. The molecule has 2 rings (SSSR count). The van der Waals surface area contributed by atoms with Crippen molar-refractivity contribution in [1.29, 1.82) is 5.41 Å². The minimum absolute atomic E-state index is 0.0248. The summed E-state index contributed by atoms with van der Waals surface area (Å²) in [4.78, 5) is 0. The molecule has 0 amide bonds. The van der Waals surface area contributed by atoms with E-state index in [1.54, 1.807) is 24.3 Å². The Morgan fingerprint density at radius 1 is 1.38 bits per heavy atom. The molecule has 3 N–H and O–H groups in total. The summed E-state index contributed by atoms with van der Waals surface area (Å²) in [6, 6.07) is 8.90. The molecule has 0 bridgehead atoms. The number of para-hydroxylation sites is 1. The first-order valence-corrected chi connectivity index (χ1v) is 8.60. The molecule has 7 heteroatoms. The van der Waals surface area contributed by atoms with Crippen LogP contribution in [0, 0.1) is 5.41 Å². The third-order valence-corrected chi connectivity index (χ3v) is 5.24. The van der Waals surface area contributed by atoms with Gasteiger partial charge in [0.2, 0.25) is 10.0 Å². The third kappa shape index (κ3) is 4.44. The summed E-state index contributed by atoms with van der Waals surface area (Å²) in [6.07, 6.45) is 1.64. The van der Waals surface area contributed by atoms with Crippen molar-refractivity contribution in [1.82, 2.24) is 0 Å². The van der Waals surface area contributed by atoms with Gasteiger partial charge in [0, 0.05) is 19.6 Å². The highest BCUT2D eigenvalue weighted by Gasteiger charge is 2.28.